The van der Waals surface area contributed by atoms with Crippen molar-refractivity contribution in [3.63, 3.8) is 0 Å². The maximum Gasteiger partial charge on any atom is 0.236 e. The van der Waals surface area contributed by atoms with E-state index in [1.165, 1.54) is 0 Å². The summed E-state index contributed by atoms with van der Waals surface area (Å²) < 4.78 is 10.7. The zero-order valence-electron chi connectivity index (χ0n) is 13.2. The second-order valence-corrected chi connectivity index (χ2v) is 6.01. The highest BCUT2D eigenvalue weighted by Gasteiger charge is 2.34. The van der Waals surface area contributed by atoms with Crippen LogP contribution in [0.3, 0.4) is 0 Å². The lowest BCUT2D eigenvalue weighted by Crippen LogP contribution is -2.52. The highest BCUT2D eigenvalue weighted by Crippen LogP contribution is 2.24. The first-order valence-electron chi connectivity index (χ1n) is 7.90. The number of carbonyl (C=O) groups excluding carboxylic acids is 1. The third kappa shape index (κ3) is 4.39. The number of ether oxygens (including phenoxy) is 2. The second kappa shape index (κ2) is 8.08. The average molecular weight is 300 g/mol. The van der Waals surface area contributed by atoms with Gasteiger partial charge >= 0.3 is 0 Å². The molecule has 122 valence electrons. The van der Waals surface area contributed by atoms with Gasteiger partial charge in [0.05, 0.1) is 31.9 Å². The van der Waals surface area contributed by atoms with Crippen molar-refractivity contribution >= 4 is 5.91 Å². The standard InChI is InChI=1S/C15H28N2O4/c1-16(14(18)11-17-7-9-21-10-8-17)12-5-3-4-6-13(20-2)15(12)19/h12-13,15,19H,3-11H2,1-2H3/t12-,13-,15-/m1/s1. The van der Waals surface area contributed by atoms with Gasteiger partial charge < -0.3 is 19.5 Å². The summed E-state index contributed by atoms with van der Waals surface area (Å²) in [6.07, 6.45) is 2.99. The molecule has 1 amide bonds. The molecule has 1 saturated heterocycles. The van der Waals surface area contributed by atoms with Gasteiger partial charge in [-0.3, -0.25) is 9.69 Å². The van der Waals surface area contributed by atoms with Gasteiger partial charge in [0.1, 0.15) is 6.10 Å². The van der Waals surface area contributed by atoms with Crippen LogP contribution in [0, 0.1) is 0 Å². The summed E-state index contributed by atoms with van der Waals surface area (Å²) in [4.78, 5) is 16.3. The molecule has 0 aromatic rings. The third-order valence-corrected chi connectivity index (χ3v) is 4.67. The fraction of sp³-hybridized carbons (Fsp3) is 0.933. The van der Waals surface area contributed by atoms with Crippen LogP contribution in [0.2, 0.25) is 0 Å². The van der Waals surface area contributed by atoms with Crippen LogP contribution in [0.5, 0.6) is 0 Å². The van der Waals surface area contributed by atoms with Crippen LogP contribution in [0.15, 0.2) is 0 Å². The Bertz CT molecular complexity index is 334. The Balaban J connectivity index is 1.92. The first kappa shape index (κ1) is 16.7. The molecule has 6 nitrogen and oxygen atoms in total. The van der Waals surface area contributed by atoms with Crippen LogP contribution in [-0.4, -0.2) is 86.1 Å². The van der Waals surface area contributed by atoms with Gasteiger partial charge in [0.2, 0.25) is 5.91 Å². The van der Waals surface area contributed by atoms with E-state index in [0.29, 0.717) is 19.8 Å². The first-order valence-corrected chi connectivity index (χ1v) is 7.90. The summed E-state index contributed by atoms with van der Waals surface area (Å²) in [5, 5.41) is 10.5. The Hall–Kier alpha value is -0.690. The Labute approximate surface area is 127 Å². The molecule has 0 unspecified atom stereocenters. The lowest BCUT2D eigenvalue weighted by Gasteiger charge is -2.35. The quantitative estimate of drug-likeness (QED) is 0.746. The van der Waals surface area contributed by atoms with Gasteiger partial charge in [0.15, 0.2) is 0 Å². The monoisotopic (exact) mass is 300 g/mol. The van der Waals surface area contributed by atoms with E-state index in [4.69, 9.17) is 9.47 Å². The van der Waals surface area contributed by atoms with Crippen molar-refractivity contribution in [2.45, 2.75) is 43.9 Å². The van der Waals surface area contributed by atoms with Crippen molar-refractivity contribution in [2.75, 3.05) is 47.0 Å². The van der Waals surface area contributed by atoms with E-state index < -0.39 is 6.10 Å². The summed E-state index contributed by atoms with van der Waals surface area (Å²) in [6.45, 7) is 3.38. The minimum absolute atomic E-state index is 0.0673. The summed E-state index contributed by atoms with van der Waals surface area (Å²) >= 11 is 0. The number of amides is 1. The Morgan fingerprint density at radius 1 is 1.33 bits per heavy atom. The molecular weight excluding hydrogens is 272 g/mol. The van der Waals surface area contributed by atoms with Crippen molar-refractivity contribution in [3.05, 3.63) is 0 Å². The topological polar surface area (TPSA) is 62.2 Å². The van der Waals surface area contributed by atoms with E-state index in [1.54, 1.807) is 19.1 Å². The summed E-state index contributed by atoms with van der Waals surface area (Å²) in [6, 6.07) is -0.147. The Kier molecular flexibility index (Phi) is 6.41. The molecule has 2 aliphatic rings. The zero-order valence-corrected chi connectivity index (χ0v) is 13.2. The number of hydrogen-bond acceptors (Lipinski definition) is 5. The highest BCUT2D eigenvalue weighted by molar-refractivity contribution is 5.78. The number of morpholine rings is 1. The highest BCUT2D eigenvalue weighted by atomic mass is 16.5. The summed E-state index contributed by atoms with van der Waals surface area (Å²) in [5.74, 6) is 0.0673. The van der Waals surface area contributed by atoms with Gasteiger partial charge in [-0.15, -0.1) is 0 Å². The third-order valence-electron chi connectivity index (χ3n) is 4.67. The smallest absolute Gasteiger partial charge is 0.236 e. The van der Waals surface area contributed by atoms with Gasteiger partial charge in [-0.05, 0) is 12.8 Å². The number of carbonyl (C=O) groups is 1. The number of rotatable bonds is 4. The van der Waals surface area contributed by atoms with E-state index in [1.807, 2.05) is 0 Å². The van der Waals surface area contributed by atoms with Crippen molar-refractivity contribution in [1.29, 1.82) is 0 Å². The summed E-state index contributed by atoms with van der Waals surface area (Å²) in [7, 11) is 3.43. The molecule has 1 aliphatic carbocycles. The largest absolute Gasteiger partial charge is 0.388 e. The van der Waals surface area contributed by atoms with E-state index in [0.717, 1.165) is 38.8 Å². The van der Waals surface area contributed by atoms with E-state index in [2.05, 4.69) is 4.90 Å². The minimum atomic E-state index is -0.601. The van der Waals surface area contributed by atoms with Crippen LogP contribution in [0.4, 0.5) is 0 Å². The van der Waals surface area contributed by atoms with Crippen molar-refractivity contribution in [2.24, 2.45) is 0 Å². The number of nitrogens with zero attached hydrogens (tertiary/aromatic N) is 2. The van der Waals surface area contributed by atoms with E-state index >= 15 is 0 Å². The molecule has 0 radical (unpaired) electrons. The number of methoxy groups -OCH3 is 1. The fourth-order valence-electron chi connectivity index (χ4n) is 3.22. The number of aliphatic hydroxyl groups excluding tert-OH is 1. The molecule has 0 spiro atoms. The minimum Gasteiger partial charge on any atom is -0.388 e. The van der Waals surface area contributed by atoms with E-state index in [-0.39, 0.29) is 18.1 Å². The molecule has 21 heavy (non-hydrogen) atoms. The van der Waals surface area contributed by atoms with Crippen molar-refractivity contribution < 1.29 is 19.4 Å². The molecule has 1 saturated carbocycles. The average Bonchev–Trinajstić information content (AvgIpc) is 2.69. The molecule has 2 rings (SSSR count). The molecular formula is C15H28N2O4. The number of hydrogen-bond donors (Lipinski definition) is 1. The van der Waals surface area contributed by atoms with Crippen LogP contribution >= 0.6 is 0 Å². The Morgan fingerprint density at radius 3 is 2.67 bits per heavy atom. The predicted octanol–water partition coefficient (Wildman–Crippen LogP) is 0.0955. The van der Waals surface area contributed by atoms with Gasteiger partial charge in [-0.25, -0.2) is 0 Å². The van der Waals surface area contributed by atoms with Gasteiger partial charge in [-0.1, -0.05) is 12.8 Å². The molecule has 3 atom stereocenters. The fourth-order valence-corrected chi connectivity index (χ4v) is 3.22. The van der Waals surface area contributed by atoms with Crippen LogP contribution < -0.4 is 0 Å². The van der Waals surface area contributed by atoms with E-state index in [9.17, 15) is 9.90 Å². The van der Waals surface area contributed by atoms with Gasteiger partial charge in [-0.2, -0.15) is 0 Å². The first-order chi connectivity index (χ1) is 10.1. The molecule has 0 aromatic heterocycles. The van der Waals surface area contributed by atoms with Crippen molar-refractivity contribution in [3.8, 4) is 0 Å². The lowest BCUT2D eigenvalue weighted by atomic mass is 10.0. The molecule has 1 heterocycles. The predicted molar refractivity (Wildman–Crippen MR) is 79.1 cm³/mol. The number of aliphatic hydroxyl groups is 1. The molecule has 0 aromatic carbocycles. The SMILES string of the molecule is CO[C@@H]1CCCC[C@@H](N(C)C(=O)CN2CCOCC2)[C@H]1O. The molecule has 2 fully saturated rings. The molecule has 1 N–H and O–H groups in total. The zero-order chi connectivity index (χ0) is 15.2. The number of likely N-dealkylation sites (N-methyl/N-ethyl adjacent to an activating group) is 1. The molecule has 6 heteroatoms. The Morgan fingerprint density at radius 2 is 2.00 bits per heavy atom. The van der Waals surface area contributed by atoms with Crippen LogP contribution in [0.25, 0.3) is 0 Å². The van der Waals surface area contributed by atoms with Gasteiger partial charge in [0, 0.05) is 27.2 Å². The second-order valence-electron chi connectivity index (χ2n) is 6.01. The normalized spacial score (nSPS) is 31.7. The lowest BCUT2D eigenvalue weighted by molar-refractivity contribution is -0.139. The maximum atomic E-state index is 12.5. The molecule has 0 bridgehead atoms. The van der Waals surface area contributed by atoms with Crippen molar-refractivity contribution in [1.82, 2.24) is 9.80 Å². The summed E-state index contributed by atoms with van der Waals surface area (Å²) in [5.41, 5.74) is 0. The van der Waals surface area contributed by atoms with Gasteiger partial charge in [0.25, 0.3) is 0 Å². The van der Waals surface area contributed by atoms with Crippen LogP contribution in [0.1, 0.15) is 25.7 Å². The molecule has 1 aliphatic heterocycles. The maximum absolute atomic E-state index is 12.5. The van der Waals surface area contributed by atoms with Crippen LogP contribution in [-0.2, 0) is 14.3 Å².